The average Bonchev–Trinajstić information content (AvgIpc) is 2.99. The van der Waals surface area contributed by atoms with Gasteiger partial charge in [-0.1, -0.05) is 55.8 Å². The Morgan fingerprint density at radius 2 is 1.92 bits per heavy atom. The topological polar surface area (TPSA) is 70.7 Å². The van der Waals surface area contributed by atoms with E-state index >= 15 is 0 Å². The molecule has 2 aromatic heterocycles. The van der Waals surface area contributed by atoms with Gasteiger partial charge in [-0.05, 0) is 18.4 Å². The van der Waals surface area contributed by atoms with Gasteiger partial charge < -0.3 is 5.11 Å². The molecular formula is C18H19ClN4O2. The van der Waals surface area contributed by atoms with Crippen molar-refractivity contribution in [2.45, 2.75) is 32.7 Å². The summed E-state index contributed by atoms with van der Waals surface area (Å²) in [7, 11) is 0. The van der Waals surface area contributed by atoms with E-state index < -0.39 is 12.1 Å². The third kappa shape index (κ3) is 3.17. The molecule has 130 valence electrons. The smallest absolute Gasteiger partial charge is 0.413 e. The van der Waals surface area contributed by atoms with Crippen molar-refractivity contribution in [1.82, 2.24) is 14.4 Å². The minimum Gasteiger partial charge on any atom is -0.465 e. The van der Waals surface area contributed by atoms with Crippen molar-refractivity contribution >= 4 is 29.2 Å². The molecule has 3 aromatic rings. The highest BCUT2D eigenvalue weighted by molar-refractivity contribution is 6.29. The summed E-state index contributed by atoms with van der Waals surface area (Å²) in [5.41, 5.74) is 2.27. The van der Waals surface area contributed by atoms with Crippen molar-refractivity contribution in [1.29, 1.82) is 0 Å². The summed E-state index contributed by atoms with van der Waals surface area (Å²) in [5, 5.41) is 10.0. The first-order valence-electron chi connectivity index (χ1n) is 8.00. The Kier molecular flexibility index (Phi) is 4.63. The molecule has 3 rings (SSSR count). The van der Waals surface area contributed by atoms with E-state index in [1.807, 2.05) is 55.5 Å². The van der Waals surface area contributed by atoms with Crippen LogP contribution in [0.25, 0.3) is 5.65 Å². The molecule has 0 aliphatic carbocycles. The Balaban J connectivity index is 2.19. The van der Waals surface area contributed by atoms with Crippen LogP contribution < -0.4 is 4.90 Å². The number of carboxylic acid groups (broad SMARTS) is 1. The second-order valence-electron chi connectivity index (χ2n) is 6.16. The summed E-state index contributed by atoms with van der Waals surface area (Å²) in [6.45, 7) is 5.90. The number of halogens is 1. The van der Waals surface area contributed by atoms with Gasteiger partial charge in [0.15, 0.2) is 11.5 Å². The minimum atomic E-state index is -1.11. The van der Waals surface area contributed by atoms with Crippen LogP contribution in [0.1, 0.15) is 44.0 Å². The van der Waals surface area contributed by atoms with Crippen molar-refractivity contribution in [3.8, 4) is 0 Å². The number of benzene rings is 1. The minimum absolute atomic E-state index is 0.214. The molecule has 25 heavy (non-hydrogen) atoms. The van der Waals surface area contributed by atoms with Gasteiger partial charge in [0.2, 0.25) is 0 Å². The molecule has 0 aliphatic heterocycles. The molecule has 7 heteroatoms. The van der Waals surface area contributed by atoms with Gasteiger partial charge >= 0.3 is 6.09 Å². The SMILES string of the molecule is CC(C)c1cnc2c(N(C(=O)O)[C@@H](C)c3ccccc3)nc(Cl)cn12. The van der Waals surface area contributed by atoms with Gasteiger partial charge in [0.1, 0.15) is 5.15 Å². The van der Waals surface area contributed by atoms with Crippen LogP contribution in [-0.2, 0) is 0 Å². The second kappa shape index (κ2) is 6.72. The highest BCUT2D eigenvalue weighted by Gasteiger charge is 2.28. The Bertz CT molecular complexity index is 908. The molecule has 1 atom stereocenters. The number of hydrogen-bond donors (Lipinski definition) is 1. The summed E-state index contributed by atoms with van der Waals surface area (Å²) < 4.78 is 1.81. The number of fused-ring (bicyclic) bond motifs is 1. The summed E-state index contributed by atoms with van der Waals surface area (Å²) in [6.07, 6.45) is 2.28. The third-order valence-electron chi connectivity index (χ3n) is 4.17. The quantitative estimate of drug-likeness (QED) is 0.730. The normalized spacial score (nSPS) is 12.5. The van der Waals surface area contributed by atoms with Gasteiger partial charge in [0, 0.05) is 18.1 Å². The van der Waals surface area contributed by atoms with Crippen LogP contribution in [0.5, 0.6) is 0 Å². The van der Waals surface area contributed by atoms with E-state index in [0.29, 0.717) is 5.65 Å². The van der Waals surface area contributed by atoms with E-state index in [-0.39, 0.29) is 16.9 Å². The number of carbonyl (C=O) groups is 1. The number of imidazole rings is 1. The molecule has 0 bridgehead atoms. The summed E-state index contributed by atoms with van der Waals surface area (Å²) in [4.78, 5) is 21.9. The highest BCUT2D eigenvalue weighted by atomic mass is 35.5. The van der Waals surface area contributed by atoms with Crippen LogP contribution in [0.3, 0.4) is 0 Å². The van der Waals surface area contributed by atoms with Crippen LogP contribution in [0.4, 0.5) is 10.6 Å². The van der Waals surface area contributed by atoms with Crippen molar-refractivity contribution in [2.24, 2.45) is 0 Å². The maximum Gasteiger partial charge on any atom is 0.413 e. The molecule has 0 saturated heterocycles. The van der Waals surface area contributed by atoms with Gasteiger partial charge in [0.05, 0.1) is 6.04 Å². The molecule has 2 heterocycles. The predicted octanol–water partition coefficient (Wildman–Crippen LogP) is 4.75. The maximum absolute atomic E-state index is 12.0. The zero-order valence-electron chi connectivity index (χ0n) is 14.2. The third-order valence-corrected chi connectivity index (χ3v) is 4.35. The fourth-order valence-electron chi connectivity index (χ4n) is 2.87. The highest BCUT2D eigenvalue weighted by Crippen LogP contribution is 2.31. The van der Waals surface area contributed by atoms with Gasteiger partial charge in [-0.15, -0.1) is 0 Å². The van der Waals surface area contributed by atoms with E-state index in [2.05, 4.69) is 9.97 Å². The molecule has 0 unspecified atom stereocenters. The summed E-state index contributed by atoms with van der Waals surface area (Å²) in [6, 6.07) is 8.97. The average molecular weight is 359 g/mol. The van der Waals surface area contributed by atoms with Gasteiger partial charge in [-0.3, -0.25) is 9.30 Å². The predicted molar refractivity (Wildman–Crippen MR) is 97.4 cm³/mol. The first-order chi connectivity index (χ1) is 11.9. The largest absolute Gasteiger partial charge is 0.465 e. The standard InChI is InChI=1S/C18H19ClN4O2/c1-11(2)14-9-20-16-17(21-15(19)10-22(14)16)23(18(24)25)12(3)13-7-5-4-6-8-13/h4-12H,1-3H3,(H,24,25)/t12-/m0/s1. The van der Waals surface area contributed by atoms with Gasteiger partial charge in [0.25, 0.3) is 0 Å². The van der Waals surface area contributed by atoms with E-state index in [9.17, 15) is 9.90 Å². The lowest BCUT2D eigenvalue weighted by Gasteiger charge is -2.26. The molecule has 0 fully saturated rings. The molecule has 6 nitrogen and oxygen atoms in total. The Morgan fingerprint density at radius 1 is 1.24 bits per heavy atom. The van der Waals surface area contributed by atoms with Crippen LogP contribution in [0.2, 0.25) is 5.15 Å². The lowest BCUT2D eigenvalue weighted by atomic mass is 10.1. The number of anilines is 1. The van der Waals surface area contributed by atoms with E-state index in [1.165, 1.54) is 4.90 Å². The molecule has 0 saturated carbocycles. The number of nitrogens with zero attached hydrogens (tertiary/aromatic N) is 4. The lowest BCUT2D eigenvalue weighted by Crippen LogP contribution is -2.33. The molecular weight excluding hydrogens is 340 g/mol. The Labute approximate surface area is 150 Å². The number of aromatic nitrogens is 3. The fourth-order valence-corrected chi connectivity index (χ4v) is 3.05. The van der Waals surface area contributed by atoms with Crippen LogP contribution >= 0.6 is 11.6 Å². The second-order valence-corrected chi connectivity index (χ2v) is 6.55. The molecule has 1 amide bonds. The van der Waals surface area contributed by atoms with Crippen LogP contribution in [-0.4, -0.2) is 25.6 Å². The maximum atomic E-state index is 12.0. The summed E-state index contributed by atoms with van der Waals surface area (Å²) >= 11 is 6.18. The number of hydrogen-bond acceptors (Lipinski definition) is 3. The Morgan fingerprint density at radius 3 is 2.52 bits per heavy atom. The molecule has 0 spiro atoms. The van der Waals surface area contributed by atoms with E-state index in [0.717, 1.165) is 11.3 Å². The van der Waals surface area contributed by atoms with E-state index in [4.69, 9.17) is 11.6 Å². The lowest BCUT2D eigenvalue weighted by molar-refractivity contribution is 0.199. The molecule has 0 aliphatic rings. The first kappa shape index (κ1) is 17.2. The van der Waals surface area contributed by atoms with Crippen LogP contribution in [0, 0.1) is 0 Å². The van der Waals surface area contributed by atoms with E-state index in [1.54, 1.807) is 12.4 Å². The Hall–Kier alpha value is -2.60. The monoisotopic (exact) mass is 358 g/mol. The van der Waals surface area contributed by atoms with Crippen LogP contribution in [0.15, 0.2) is 42.7 Å². The van der Waals surface area contributed by atoms with Crippen molar-refractivity contribution < 1.29 is 9.90 Å². The van der Waals surface area contributed by atoms with Gasteiger partial charge in [-0.25, -0.2) is 14.8 Å². The number of amides is 1. The molecule has 1 N–H and O–H groups in total. The summed E-state index contributed by atoms with van der Waals surface area (Å²) in [5.74, 6) is 0.439. The first-order valence-corrected chi connectivity index (χ1v) is 8.38. The molecule has 0 radical (unpaired) electrons. The fraction of sp³-hybridized carbons (Fsp3) is 0.278. The van der Waals surface area contributed by atoms with Crippen molar-refractivity contribution in [2.75, 3.05) is 4.90 Å². The molecule has 1 aromatic carbocycles. The van der Waals surface area contributed by atoms with Gasteiger partial charge in [-0.2, -0.15) is 0 Å². The van der Waals surface area contributed by atoms with Crippen molar-refractivity contribution in [3.05, 3.63) is 59.1 Å². The number of rotatable bonds is 4. The zero-order chi connectivity index (χ0) is 18.1. The van der Waals surface area contributed by atoms with Crippen molar-refractivity contribution in [3.63, 3.8) is 0 Å². The zero-order valence-corrected chi connectivity index (χ0v) is 15.0.